The van der Waals surface area contributed by atoms with Crippen LogP contribution >= 0.6 is 0 Å². The fourth-order valence-corrected chi connectivity index (χ4v) is 3.01. The van der Waals surface area contributed by atoms with E-state index >= 15 is 0 Å². The molecule has 1 unspecified atom stereocenters. The van der Waals surface area contributed by atoms with Crippen LogP contribution in [-0.2, 0) is 11.2 Å². The van der Waals surface area contributed by atoms with E-state index in [1.54, 1.807) is 7.11 Å². The van der Waals surface area contributed by atoms with E-state index in [1.807, 2.05) is 35.2 Å². The summed E-state index contributed by atoms with van der Waals surface area (Å²) in [6.45, 7) is 2.96. The molecule has 1 aliphatic rings. The summed E-state index contributed by atoms with van der Waals surface area (Å²) in [4.78, 5) is 14.4. The maximum atomic E-state index is 12.4. The monoisotopic (exact) mass is 314 g/mol. The second kappa shape index (κ2) is 6.86. The topological polar surface area (TPSA) is 55.6 Å². The van der Waals surface area contributed by atoms with Crippen LogP contribution in [0.3, 0.4) is 0 Å². The summed E-state index contributed by atoms with van der Waals surface area (Å²) >= 11 is 0. The van der Waals surface area contributed by atoms with Gasteiger partial charge in [0.1, 0.15) is 5.75 Å². The molecule has 1 fully saturated rings. The zero-order chi connectivity index (χ0) is 16.2. The largest absolute Gasteiger partial charge is 0.497 e. The normalized spacial score (nSPS) is 18.0. The minimum Gasteiger partial charge on any atom is -0.497 e. The number of hydrogen-bond acceptors (Lipinski definition) is 4. The van der Waals surface area contributed by atoms with E-state index in [0.29, 0.717) is 23.9 Å². The first-order chi connectivity index (χ1) is 11.2. The summed E-state index contributed by atoms with van der Waals surface area (Å²) in [5.74, 6) is 1.59. The molecule has 1 aliphatic heterocycles. The van der Waals surface area contributed by atoms with Crippen LogP contribution in [0.15, 0.2) is 34.9 Å². The first-order valence-corrected chi connectivity index (χ1v) is 8.07. The van der Waals surface area contributed by atoms with Gasteiger partial charge in [0.05, 0.1) is 19.2 Å². The van der Waals surface area contributed by atoms with Gasteiger partial charge in [0.2, 0.25) is 5.91 Å². The lowest BCUT2D eigenvalue weighted by Crippen LogP contribution is -2.42. The molecule has 1 atom stereocenters. The summed E-state index contributed by atoms with van der Waals surface area (Å²) in [5.41, 5.74) is 1.60. The Morgan fingerprint density at radius 2 is 2.13 bits per heavy atom. The lowest BCUT2D eigenvalue weighted by atomic mass is 10.0. The summed E-state index contributed by atoms with van der Waals surface area (Å²) in [5, 5.41) is 4.04. The molecule has 1 aromatic carbocycles. The third kappa shape index (κ3) is 3.55. The zero-order valence-corrected chi connectivity index (χ0v) is 13.6. The van der Waals surface area contributed by atoms with E-state index in [4.69, 9.17) is 9.26 Å². The molecule has 0 aliphatic carbocycles. The van der Waals surface area contributed by atoms with Crippen molar-refractivity contribution in [2.75, 3.05) is 13.7 Å². The molecule has 23 heavy (non-hydrogen) atoms. The number of amides is 1. The maximum absolute atomic E-state index is 12.4. The molecule has 0 spiro atoms. The van der Waals surface area contributed by atoms with Crippen LogP contribution in [0.2, 0.25) is 0 Å². The minimum absolute atomic E-state index is 0.131. The van der Waals surface area contributed by atoms with Crippen molar-refractivity contribution < 1.29 is 14.1 Å². The second-order valence-corrected chi connectivity index (χ2v) is 6.02. The molecule has 0 radical (unpaired) electrons. The highest BCUT2D eigenvalue weighted by Gasteiger charge is 2.24. The van der Waals surface area contributed by atoms with Crippen LogP contribution in [0.4, 0.5) is 0 Å². The third-order valence-corrected chi connectivity index (χ3v) is 4.39. The van der Waals surface area contributed by atoms with Gasteiger partial charge < -0.3 is 14.2 Å². The minimum atomic E-state index is 0.131. The molecule has 3 rings (SSSR count). The van der Waals surface area contributed by atoms with Crippen molar-refractivity contribution in [2.45, 2.75) is 38.6 Å². The average molecular weight is 314 g/mol. The van der Waals surface area contributed by atoms with Crippen LogP contribution < -0.4 is 4.74 Å². The predicted molar refractivity (Wildman–Crippen MR) is 87.2 cm³/mol. The fraction of sp³-hybridized carbons (Fsp3) is 0.444. The highest BCUT2D eigenvalue weighted by atomic mass is 16.5. The van der Waals surface area contributed by atoms with E-state index in [1.165, 1.54) is 6.42 Å². The van der Waals surface area contributed by atoms with Gasteiger partial charge in [0.15, 0.2) is 5.76 Å². The lowest BCUT2D eigenvalue weighted by Gasteiger charge is -2.33. The molecule has 5 nitrogen and oxygen atoms in total. The van der Waals surface area contributed by atoms with Crippen molar-refractivity contribution in [1.29, 1.82) is 0 Å². The van der Waals surface area contributed by atoms with Gasteiger partial charge in [-0.3, -0.25) is 4.79 Å². The molecule has 5 heteroatoms. The second-order valence-electron chi connectivity index (χ2n) is 6.02. The SMILES string of the molecule is COc1ccc(-c2cc(CC(=O)N3CCCCC3C)no2)cc1. The van der Waals surface area contributed by atoms with Gasteiger partial charge in [0, 0.05) is 24.2 Å². The Kier molecular flexibility index (Phi) is 4.65. The Morgan fingerprint density at radius 1 is 1.35 bits per heavy atom. The molecule has 122 valence electrons. The highest BCUT2D eigenvalue weighted by molar-refractivity contribution is 5.79. The molecule has 1 saturated heterocycles. The molecule has 0 N–H and O–H groups in total. The summed E-state index contributed by atoms with van der Waals surface area (Å²) in [7, 11) is 1.63. The maximum Gasteiger partial charge on any atom is 0.228 e. The van der Waals surface area contributed by atoms with Gasteiger partial charge in [-0.15, -0.1) is 0 Å². The van der Waals surface area contributed by atoms with Crippen molar-refractivity contribution in [3.8, 4) is 17.1 Å². The van der Waals surface area contributed by atoms with E-state index in [0.717, 1.165) is 30.7 Å². The Hall–Kier alpha value is -2.30. The third-order valence-electron chi connectivity index (χ3n) is 4.39. The summed E-state index contributed by atoms with van der Waals surface area (Å²) in [6.07, 6.45) is 3.67. The fourth-order valence-electron chi connectivity index (χ4n) is 3.01. The van der Waals surface area contributed by atoms with Crippen LogP contribution in [0.5, 0.6) is 5.75 Å². The number of benzene rings is 1. The molecule has 0 saturated carbocycles. The lowest BCUT2D eigenvalue weighted by molar-refractivity contribution is -0.133. The highest BCUT2D eigenvalue weighted by Crippen LogP contribution is 2.24. The number of nitrogens with zero attached hydrogens (tertiary/aromatic N) is 2. The number of carbonyl (C=O) groups excluding carboxylic acids is 1. The van der Waals surface area contributed by atoms with E-state index in [2.05, 4.69) is 12.1 Å². The molecule has 2 aromatic rings. The van der Waals surface area contributed by atoms with Gasteiger partial charge in [-0.1, -0.05) is 5.16 Å². The van der Waals surface area contributed by atoms with Crippen molar-refractivity contribution >= 4 is 5.91 Å². The zero-order valence-electron chi connectivity index (χ0n) is 13.6. The van der Waals surface area contributed by atoms with Gasteiger partial charge >= 0.3 is 0 Å². The van der Waals surface area contributed by atoms with E-state index < -0.39 is 0 Å². The Labute approximate surface area is 136 Å². The van der Waals surface area contributed by atoms with Gasteiger partial charge in [-0.2, -0.15) is 0 Å². The molecule has 2 heterocycles. The molecular formula is C18H22N2O3. The number of piperidine rings is 1. The van der Waals surface area contributed by atoms with Crippen LogP contribution in [0.1, 0.15) is 31.9 Å². The van der Waals surface area contributed by atoms with E-state index in [9.17, 15) is 4.79 Å². The van der Waals surface area contributed by atoms with Crippen LogP contribution in [-0.4, -0.2) is 35.7 Å². The number of rotatable bonds is 4. The molecular weight excluding hydrogens is 292 g/mol. The number of likely N-dealkylation sites (tertiary alicyclic amines) is 1. The summed E-state index contributed by atoms with van der Waals surface area (Å²) in [6, 6.07) is 9.74. The van der Waals surface area contributed by atoms with Crippen molar-refractivity contribution in [3.05, 3.63) is 36.0 Å². The van der Waals surface area contributed by atoms with Crippen molar-refractivity contribution in [2.24, 2.45) is 0 Å². The standard InChI is InChI=1S/C18H22N2O3/c1-13-5-3-4-10-20(13)18(21)12-15-11-17(23-19-15)14-6-8-16(22-2)9-7-14/h6-9,11,13H,3-5,10,12H2,1-2H3. The Bertz CT molecular complexity index is 663. The van der Waals surface area contributed by atoms with E-state index in [-0.39, 0.29) is 5.91 Å². The number of methoxy groups -OCH3 is 1. The quantitative estimate of drug-likeness (QED) is 0.869. The molecule has 1 aromatic heterocycles. The number of ether oxygens (including phenoxy) is 1. The molecule has 1 amide bonds. The average Bonchev–Trinajstić information content (AvgIpc) is 3.03. The van der Waals surface area contributed by atoms with Gasteiger partial charge in [0.25, 0.3) is 0 Å². The number of carbonyl (C=O) groups is 1. The number of aromatic nitrogens is 1. The Balaban J connectivity index is 1.67. The molecule has 0 bridgehead atoms. The van der Waals surface area contributed by atoms with Gasteiger partial charge in [-0.05, 0) is 50.5 Å². The first kappa shape index (κ1) is 15.6. The van der Waals surface area contributed by atoms with Gasteiger partial charge in [-0.25, -0.2) is 0 Å². The van der Waals surface area contributed by atoms with Crippen molar-refractivity contribution in [1.82, 2.24) is 10.1 Å². The summed E-state index contributed by atoms with van der Waals surface area (Å²) < 4.78 is 10.5. The smallest absolute Gasteiger partial charge is 0.228 e. The Morgan fingerprint density at radius 3 is 2.83 bits per heavy atom. The van der Waals surface area contributed by atoms with Crippen molar-refractivity contribution in [3.63, 3.8) is 0 Å². The number of hydrogen-bond donors (Lipinski definition) is 0. The van der Waals surface area contributed by atoms with Crippen LogP contribution in [0.25, 0.3) is 11.3 Å². The van der Waals surface area contributed by atoms with Crippen LogP contribution in [0, 0.1) is 0 Å². The first-order valence-electron chi connectivity index (χ1n) is 8.07. The predicted octanol–water partition coefficient (Wildman–Crippen LogP) is 3.29.